The number of hydrogen-bond donors (Lipinski definition) is 1. The van der Waals surface area contributed by atoms with Crippen molar-refractivity contribution in [2.24, 2.45) is 5.73 Å². The van der Waals surface area contributed by atoms with Gasteiger partial charge in [0, 0.05) is 46.1 Å². The third-order valence-corrected chi connectivity index (χ3v) is 4.82. The number of likely N-dealkylation sites (N-methyl/N-ethyl adjacent to an activating group) is 1. The molecule has 0 radical (unpaired) electrons. The molecular formula is C14H18BrN3OS. The number of halogens is 1. The minimum Gasteiger partial charge on any atom is -0.481 e. The second kappa shape index (κ2) is 7.17. The lowest BCUT2D eigenvalue weighted by molar-refractivity contribution is 0.243. The molecule has 2 heterocycles. The second-order valence-corrected chi connectivity index (χ2v) is 6.44. The van der Waals surface area contributed by atoms with Gasteiger partial charge in [0.1, 0.15) is 0 Å². The summed E-state index contributed by atoms with van der Waals surface area (Å²) in [7, 11) is 3.69. The van der Waals surface area contributed by atoms with Gasteiger partial charge in [-0.1, -0.05) is 6.07 Å². The number of pyridine rings is 1. The van der Waals surface area contributed by atoms with Crippen LogP contribution < -0.4 is 10.5 Å². The molecule has 2 N–H and O–H groups in total. The van der Waals surface area contributed by atoms with Crippen LogP contribution in [0.2, 0.25) is 0 Å². The van der Waals surface area contributed by atoms with E-state index in [1.807, 2.05) is 18.3 Å². The van der Waals surface area contributed by atoms with Crippen LogP contribution in [0.5, 0.6) is 5.88 Å². The highest BCUT2D eigenvalue weighted by Crippen LogP contribution is 2.25. The number of nitrogens with zero attached hydrogens (tertiary/aromatic N) is 2. The van der Waals surface area contributed by atoms with Crippen molar-refractivity contribution in [2.75, 3.05) is 20.7 Å². The van der Waals surface area contributed by atoms with Crippen LogP contribution in [0.4, 0.5) is 0 Å². The molecule has 1 atom stereocenters. The Labute approximate surface area is 131 Å². The highest BCUT2D eigenvalue weighted by Gasteiger charge is 2.16. The van der Waals surface area contributed by atoms with Crippen LogP contribution in [0.25, 0.3) is 0 Å². The molecule has 0 aliphatic heterocycles. The molecule has 0 bridgehead atoms. The minimum atomic E-state index is 0.147. The van der Waals surface area contributed by atoms with E-state index >= 15 is 0 Å². The topological polar surface area (TPSA) is 51.4 Å². The Morgan fingerprint density at radius 1 is 1.50 bits per heavy atom. The van der Waals surface area contributed by atoms with E-state index < -0.39 is 0 Å². The molecule has 2 aromatic heterocycles. The maximum absolute atomic E-state index is 5.93. The third-order valence-electron chi connectivity index (χ3n) is 3.14. The van der Waals surface area contributed by atoms with E-state index in [0.717, 1.165) is 16.6 Å². The lowest BCUT2D eigenvalue weighted by Gasteiger charge is -2.26. The highest BCUT2D eigenvalue weighted by atomic mass is 79.9. The summed E-state index contributed by atoms with van der Waals surface area (Å²) < 4.78 is 6.21. The molecular weight excluding hydrogens is 338 g/mol. The van der Waals surface area contributed by atoms with Crippen molar-refractivity contribution in [3.05, 3.63) is 44.7 Å². The number of rotatable bonds is 6. The quantitative estimate of drug-likeness (QED) is 0.864. The first kappa shape index (κ1) is 15.4. The summed E-state index contributed by atoms with van der Waals surface area (Å²) in [6.07, 6.45) is 1.83. The maximum Gasteiger partial charge on any atom is 0.212 e. The second-order valence-electron chi connectivity index (χ2n) is 4.53. The molecule has 20 heavy (non-hydrogen) atoms. The van der Waals surface area contributed by atoms with Gasteiger partial charge in [-0.25, -0.2) is 4.98 Å². The van der Waals surface area contributed by atoms with Crippen LogP contribution >= 0.6 is 27.3 Å². The largest absolute Gasteiger partial charge is 0.481 e. The lowest BCUT2D eigenvalue weighted by atomic mass is 10.1. The van der Waals surface area contributed by atoms with Gasteiger partial charge in [-0.2, -0.15) is 0 Å². The van der Waals surface area contributed by atoms with Crippen molar-refractivity contribution in [2.45, 2.75) is 12.6 Å². The fraction of sp³-hybridized carbons (Fsp3) is 0.357. The average Bonchev–Trinajstić information content (AvgIpc) is 2.85. The highest BCUT2D eigenvalue weighted by molar-refractivity contribution is 9.10. The Morgan fingerprint density at radius 3 is 2.80 bits per heavy atom. The molecule has 2 aromatic rings. The zero-order valence-corrected chi connectivity index (χ0v) is 13.9. The Hall–Kier alpha value is -0.950. The first-order valence-electron chi connectivity index (χ1n) is 6.27. The summed E-state index contributed by atoms with van der Waals surface area (Å²) in [6, 6.07) is 6.17. The molecule has 0 fully saturated rings. The van der Waals surface area contributed by atoms with Crippen LogP contribution in [0.15, 0.2) is 34.2 Å². The Kier molecular flexibility index (Phi) is 5.54. The van der Waals surface area contributed by atoms with Gasteiger partial charge >= 0.3 is 0 Å². The number of nitrogens with two attached hydrogens (primary N) is 1. The number of ether oxygens (including phenoxy) is 1. The third kappa shape index (κ3) is 3.79. The van der Waals surface area contributed by atoms with E-state index in [1.54, 1.807) is 18.4 Å². The smallest absolute Gasteiger partial charge is 0.212 e. The SMILES string of the molecule is COc1ccc(C(CN)N(C)Cc2cc(Br)cs2)cn1. The number of aromatic nitrogens is 1. The molecule has 1 unspecified atom stereocenters. The Balaban J connectivity index is 2.09. The van der Waals surface area contributed by atoms with E-state index in [1.165, 1.54) is 4.88 Å². The van der Waals surface area contributed by atoms with Crippen molar-refractivity contribution in [3.8, 4) is 5.88 Å². The summed E-state index contributed by atoms with van der Waals surface area (Å²) >= 11 is 5.22. The molecule has 0 spiro atoms. The average molecular weight is 356 g/mol. The van der Waals surface area contributed by atoms with Crippen LogP contribution in [0, 0.1) is 0 Å². The van der Waals surface area contributed by atoms with E-state index in [9.17, 15) is 0 Å². The van der Waals surface area contributed by atoms with Gasteiger partial charge in [0.15, 0.2) is 0 Å². The predicted molar refractivity (Wildman–Crippen MR) is 86.1 cm³/mol. The van der Waals surface area contributed by atoms with Crippen molar-refractivity contribution in [1.82, 2.24) is 9.88 Å². The summed E-state index contributed by atoms with van der Waals surface area (Å²) in [5.74, 6) is 0.620. The Morgan fingerprint density at radius 2 is 2.30 bits per heavy atom. The molecule has 108 valence electrons. The molecule has 0 amide bonds. The lowest BCUT2D eigenvalue weighted by Crippen LogP contribution is -2.30. The van der Waals surface area contributed by atoms with Gasteiger partial charge in [-0.3, -0.25) is 4.90 Å². The standard InChI is InChI=1S/C14H18BrN3OS/c1-18(8-12-5-11(15)9-20-12)13(6-16)10-3-4-14(19-2)17-7-10/h3-5,7,9,13H,6,8,16H2,1-2H3. The summed E-state index contributed by atoms with van der Waals surface area (Å²) in [5.41, 5.74) is 7.03. The van der Waals surface area contributed by atoms with Gasteiger partial charge in [0.2, 0.25) is 5.88 Å². The normalized spacial score (nSPS) is 12.7. The molecule has 2 rings (SSSR count). The van der Waals surface area contributed by atoms with Crippen molar-refractivity contribution >= 4 is 27.3 Å². The molecule has 0 aliphatic rings. The summed E-state index contributed by atoms with van der Waals surface area (Å²) in [5, 5.41) is 2.09. The van der Waals surface area contributed by atoms with Gasteiger partial charge in [-0.15, -0.1) is 11.3 Å². The molecule has 0 aromatic carbocycles. The first-order valence-corrected chi connectivity index (χ1v) is 7.94. The van der Waals surface area contributed by atoms with Crippen molar-refractivity contribution < 1.29 is 4.74 Å². The Bertz CT molecular complexity index is 544. The minimum absolute atomic E-state index is 0.147. The summed E-state index contributed by atoms with van der Waals surface area (Å²) in [4.78, 5) is 7.79. The predicted octanol–water partition coefficient (Wildman–Crippen LogP) is 3.05. The zero-order valence-electron chi connectivity index (χ0n) is 11.5. The molecule has 0 saturated heterocycles. The fourth-order valence-corrected chi connectivity index (χ4v) is 3.59. The van der Waals surface area contributed by atoms with Crippen molar-refractivity contribution in [1.29, 1.82) is 0 Å². The number of thiophene rings is 1. The summed E-state index contributed by atoms with van der Waals surface area (Å²) in [6.45, 7) is 1.42. The van der Waals surface area contributed by atoms with Gasteiger partial charge in [0.25, 0.3) is 0 Å². The van der Waals surface area contributed by atoms with Gasteiger partial charge in [0.05, 0.1) is 7.11 Å². The van der Waals surface area contributed by atoms with E-state index in [2.05, 4.69) is 44.3 Å². The van der Waals surface area contributed by atoms with E-state index in [0.29, 0.717) is 12.4 Å². The van der Waals surface area contributed by atoms with Crippen LogP contribution in [-0.2, 0) is 6.54 Å². The maximum atomic E-state index is 5.93. The molecule has 4 nitrogen and oxygen atoms in total. The van der Waals surface area contributed by atoms with Gasteiger partial charge in [-0.05, 0) is 34.6 Å². The molecule has 0 saturated carbocycles. The molecule has 6 heteroatoms. The van der Waals surface area contributed by atoms with Crippen LogP contribution in [-0.4, -0.2) is 30.6 Å². The van der Waals surface area contributed by atoms with Crippen molar-refractivity contribution in [3.63, 3.8) is 0 Å². The van der Waals surface area contributed by atoms with E-state index in [-0.39, 0.29) is 6.04 Å². The first-order chi connectivity index (χ1) is 9.63. The van der Waals surface area contributed by atoms with Gasteiger partial charge < -0.3 is 10.5 Å². The van der Waals surface area contributed by atoms with Crippen LogP contribution in [0.1, 0.15) is 16.5 Å². The molecule has 0 aliphatic carbocycles. The monoisotopic (exact) mass is 355 g/mol. The fourth-order valence-electron chi connectivity index (χ4n) is 2.07. The number of hydrogen-bond acceptors (Lipinski definition) is 5. The zero-order chi connectivity index (χ0) is 14.5. The van der Waals surface area contributed by atoms with E-state index in [4.69, 9.17) is 10.5 Å². The van der Waals surface area contributed by atoms with Crippen LogP contribution in [0.3, 0.4) is 0 Å². The number of methoxy groups -OCH3 is 1.